The quantitative estimate of drug-likeness (QED) is 0.661. The molecule has 0 spiro atoms. The molecule has 7 heteroatoms. The van der Waals surface area contributed by atoms with Crippen LogP contribution in [0.4, 0.5) is 10.1 Å². The molecule has 0 aliphatic rings. The minimum Gasteiger partial charge on any atom is -0.505 e. The first-order valence-corrected chi connectivity index (χ1v) is 5.84. The standard InChI is InChI=1S/C11H9FN2O3S/c12-8-5-6(14(16)17)4-7(11(8)15)10(13)9-2-1-3-18-9/h1-5,10,15H,13H2/t10-/m0/s1. The first kappa shape index (κ1) is 12.5. The second-order valence-corrected chi connectivity index (χ2v) is 4.59. The van der Waals surface area contributed by atoms with E-state index in [4.69, 9.17) is 5.73 Å². The Labute approximate surface area is 105 Å². The summed E-state index contributed by atoms with van der Waals surface area (Å²) in [7, 11) is 0. The lowest BCUT2D eigenvalue weighted by molar-refractivity contribution is -0.385. The SMILES string of the molecule is N[C@H](c1cccs1)c1cc([N+](=O)[O-])cc(F)c1O. The molecule has 0 saturated carbocycles. The van der Waals surface area contributed by atoms with Crippen LogP contribution in [0.25, 0.3) is 0 Å². The molecule has 0 aliphatic heterocycles. The number of nitrogens with zero attached hydrogens (tertiary/aromatic N) is 1. The highest BCUT2D eigenvalue weighted by molar-refractivity contribution is 7.10. The molecule has 2 rings (SSSR count). The van der Waals surface area contributed by atoms with Crippen LogP contribution in [0.3, 0.4) is 0 Å². The Morgan fingerprint density at radius 1 is 1.50 bits per heavy atom. The molecule has 18 heavy (non-hydrogen) atoms. The van der Waals surface area contributed by atoms with E-state index in [0.29, 0.717) is 10.9 Å². The van der Waals surface area contributed by atoms with Crippen molar-refractivity contribution < 1.29 is 14.4 Å². The van der Waals surface area contributed by atoms with Gasteiger partial charge in [-0.05, 0) is 11.4 Å². The minimum atomic E-state index is -1.05. The molecule has 0 fully saturated rings. The highest BCUT2D eigenvalue weighted by Crippen LogP contribution is 2.34. The molecule has 0 amide bonds. The number of phenols is 1. The normalized spacial score (nSPS) is 12.3. The summed E-state index contributed by atoms with van der Waals surface area (Å²) in [5, 5.41) is 22.0. The van der Waals surface area contributed by atoms with Gasteiger partial charge in [-0.2, -0.15) is 0 Å². The van der Waals surface area contributed by atoms with Crippen LogP contribution in [0.15, 0.2) is 29.6 Å². The van der Waals surface area contributed by atoms with Crippen molar-refractivity contribution in [2.45, 2.75) is 6.04 Å². The lowest BCUT2D eigenvalue weighted by Crippen LogP contribution is -2.11. The molecule has 1 aromatic carbocycles. The van der Waals surface area contributed by atoms with E-state index in [1.165, 1.54) is 11.3 Å². The van der Waals surface area contributed by atoms with Crippen molar-refractivity contribution >= 4 is 17.0 Å². The van der Waals surface area contributed by atoms with Crippen LogP contribution in [0.2, 0.25) is 0 Å². The van der Waals surface area contributed by atoms with Gasteiger partial charge < -0.3 is 10.8 Å². The number of phenolic OH excluding ortho intramolecular Hbond substituents is 1. The van der Waals surface area contributed by atoms with Crippen molar-refractivity contribution in [1.82, 2.24) is 0 Å². The summed E-state index contributed by atoms with van der Waals surface area (Å²) in [6.45, 7) is 0. The number of nitro groups is 1. The van der Waals surface area contributed by atoms with Gasteiger partial charge in [0.15, 0.2) is 11.6 Å². The van der Waals surface area contributed by atoms with Crippen LogP contribution in [0.5, 0.6) is 5.75 Å². The number of rotatable bonds is 3. The molecule has 0 radical (unpaired) electrons. The van der Waals surface area contributed by atoms with E-state index in [1.807, 2.05) is 0 Å². The lowest BCUT2D eigenvalue weighted by Gasteiger charge is -2.12. The highest BCUT2D eigenvalue weighted by atomic mass is 32.1. The van der Waals surface area contributed by atoms with Crippen LogP contribution < -0.4 is 5.73 Å². The van der Waals surface area contributed by atoms with Crippen molar-refractivity contribution in [3.05, 3.63) is 56.0 Å². The zero-order valence-corrected chi connectivity index (χ0v) is 9.86. The summed E-state index contributed by atoms with van der Waals surface area (Å²) in [5.74, 6) is -1.70. The zero-order valence-electron chi connectivity index (χ0n) is 9.04. The van der Waals surface area contributed by atoms with E-state index in [9.17, 15) is 19.6 Å². The summed E-state index contributed by atoms with van der Waals surface area (Å²) in [4.78, 5) is 10.6. The fourth-order valence-electron chi connectivity index (χ4n) is 1.57. The van der Waals surface area contributed by atoms with E-state index < -0.39 is 28.2 Å². The van der Waals surface area contributed by atoms with Gasteiger partial charge in [0.25, 0.3) is 5.69 Å². The summed E-state index contributed by atoms with van der Waals surface area (Å²) < 4.78 is 13.4. The molecule has 1 atom stereocenters. The molecular formula is C11H9FN2O3S. The molecule has 0 aliphatic carbocycles. The monoisotopic (exact) mass is 268 g/mol. The highest BCUT2D eigenvalue weighted by Gasteiger charge is 2.21. The molecule has 2 aromatic rings. The maximum atomic E-state index is 13.4. The van der Waals surface area contributed by atoms with Gasteiger partial charge in [0.2, 0.25) is 0 Å². The van der Waals surface area contributed by atoms with Crippen LogP contribution >= 0.6 is 11.3 Å². The van der Waals surface area contributed by atoms with E-state index >= 15 is 0 Å². The number of non-ortho nitro benzene ring substituents is 1. The Morgan fingerprint density at radius 3 is 2.78 bits per heavy atom. The van der Waals surface area contributed by atoms with Gasteiger partial charge in [-0.3, -0.25) is 10.1 Å². The Bertz CT molecular complexity index is 586. The topological polar surface area (TPSA) is 89.4 Å². The van der Waals surface area contributed by atoms with Crippen molar-refractivity contribution in [3.63, 3.8) is 0 Å². The van der Waals surface area contributed by atoms with Gasteiger partial charge in [0.05, 0.1) is 17.0 Å². The van der Waals surface area contributed by atoms with Gasteiger partial charge in [-0.25, -0.2) is 4.39 Å². The zero-order chi connectivity index (χ0) is 13.3. The maximum Gasteiger partial charge on any atom is 0.272 e. The van der Waals surface area contributed by atoms with Crippen LogP contribution in [-0.4, -0.2) is 10.0 Å². The molecular weight excluding hydrogens is 259 g/mol. The van der Waals surface area contributed by atoms with Crippen LogP contribution in [-0.2, 0) is 0 Å². The fourth-order valence-corrected chi connectivity index (χ4v) is 2.31. The Kier molecular flexibility index (Phi) is 3.26. The van der Waals surface area contributed by atoms with Crippen molar-refractivity contribution in [3.8, 4) is 5.75 Å². The molecule has 1 aromatic heterocycles. The first-order chi connectivity index (χ1) is 8.50. The van der Waals surface area contributed by atoms with E-state index in [0.717, 1.165) is 6.07 Å². The third kappa shape index (κ3) is 2.18. The van der Waals surface area contributed by atoms with Crippen LogP contribution in [0.1, 0.15) is 16.5 Å². The van der Waals surface area contributed by atoms with Gasteiger partial charge in [0, 0.05) is 16.5 Å². The molecule has 3 N–H and O–H groups in total. The third-order valence-corrected chi connectivity index (χ3v) is 3.43. The number of halogens is 1. The predicted octanol–water partition coefficient (Wildman–Crippen LogP) is 2.55. The fraction of sp³-hybridized carbons (Fsp3) is 0.0909. The molecule has 0 unspecified atom stereocenters. The molecule has 5 nitrogen and oxygen atoms in total. The summed E-state index contributed by atoms with van der Waals surface area (Å²) >= 11 is 1.33. The second-order valence-electron chi connectivity index (χ2n) is 3.62. The van der Waals surface area contributed by atoms with Crippen molar-refractivity contribution in [2.24, 2.45) is 5.73 Å². The van der Waals surface area contributed by atoms with E-state index in [1.54, 1.807) is 17.5 Å². The van der Waals surface area contributed by atoms with E-state index in [-0.39, 0.29) is 5.56 Å². The lowest BCUT2D eigenvalue weighted by atomic mass is 10.0. The number of nitrogens with two attached hydrogens (primary N) is 1. The van der Waals surface area contributed by atoms with E-state index in [2.05, 4.69) is 0 Å². The Hall–Kier alpha value is -1.99. The Balaban J connectivity index is 2.53. The average Bonchev–Trinajstić information content (AvgIpc) is 2.85. The summed E-state index contributed by atoms with van der Waals surface area (Å²) in [5.41, 5.74) is 5.43. The summed E-state index contributed by atoms with van der Waals surface area (Å²) in [6.07, 6.45) is 0. The first-order valence-electron chi connectivity index (χ1n) is 4.96. The molecule has 94 valence electrons. The summed E-state index contributed by atoms with van der Waals surface area (Å²) in [6, 6.07) is 4.43. The average molecular weight is 268 g/mol. The van der Waals surface area contributed by atoms with Crippen LogP contribution in [0, 0.1) is 15.9 Å². The number of aromatic hydroxyl groups is 1. The maximum absolute atomic E-state index is 13.4. The van der Waals surface area contributed by atoms with Gasteiger partial charge >= 0.3 is 0 Å². The van der Waals surface area contributed by atoms with Gasteiger partial charge in [0.1, 0.15) is 0 Å². The van der Waals surface area contributed by atoms with Crippen molar-refractivity contribution in [1.29, 1.82) is 0 Å². The minimum absolute atomic E-state index is 0.00384. The van der Waals surface area contributed by atoms with Gasteiger partial charge in [-0.15, -0.1) is 11.3 Å². The largest absolute Gasteiger partial charge is 0.505 e. The molecule has 0 bridgehead atoms. The number of nitro benzene ring substituents is 1. The number of benzene rings is 1. The molecule has 0 saturated heterocycles. The van der Waals surface area contributed by atoms with Crippen molar-refractivity contribution in [2.75, 3.05) is 0 Å². The Morgan fingerprint density at radius 2 is 2.22 bits per heavy atom. The van der Waals surface area contributed by atoms with Gasteiger partial charge in [-0.1, -0.05) is 6.07 Å². The number of thiophene rings is 1. The number of hydrogen-bond acceptors (Lipinski definition) is 5. The number of hydrogen-bond donors (Lipinski definition) is 2. The third-order valence-electron chi connectivity index (χ3n) is 2.47. The predicted molar refractivity (Wildman–Crippen MR) is 65.1 cm³/mol. The smallest absolute Gasteiger partial charge is 0.272 e. The second kappa shape index (κ2) is 4.71. The molecule has 1 heterocycles.